The third-order valence-corrected chi connectivity index (χ3v) is 3.19. The van der Waals surface area contributed by atoms with Crippen LogP contribution in [0.2, 0.25) is 0 Å². The average molecular weight is 322 g/mol. The van der Waals surface area contributed by atoms with Crippen molar-refractivity contribution in [2.45, 2.75) is 6.92 Å². The van der Waals surface area contributed by atoms with Crippen molar-refractivity contribution in [3.63, 3.8) is 0 Å². The maximum atomic E-state index is 12.0. The molecule has 98 valence electrons. The zero-order valence-corrected chi connectivity index (χ0v) is 11.7. The Balaban J connectivity index is 2.28. The summed E-state index contributed by atoms with van der Waals surface area (Å²) >= 11 is 3.34. The van der Waals surface area contributed by atoms with Gasteiger partial charge in [-0.25, -0.2) is 0 Å². The molecular formula is C14H12BrNO3. The first-order valence-corrected chi connectivity index (χ1v) is 6.37. The Morgan fingerprint density at radius 2 is 1.95 bits per heavy atom. The van der Waals surface area contributed by atoms with Crippen LogP contribution in [0.1, 0.15) is 15.9 Å². The summed E-state index contributed by atoms with van der Waals surface area (Å²) in [6, 6.07) is 9.70. The van der Waals surface area contributed by atoms with Crippen LogP contribution in [0.25, 0.3) is 0 Å². The number of nitrogens with one attached hydrogen (secondary N) is 1. The largest absolute Gasteiger partial charge is 0.504 e. The molecule has 19 heavy (non-hydrogen) atoms. The monoisotopic (exact) mass is 321 g/mol. The van der Waals surface area contributed by atoms with Crippen LogP contribution in [0.4, 0.5) is 5.69 Å². The van der Waals surface area contributed by atoms with Crippen LogP contribution in [0, 0.1) is 6.92 Å². The predicted octanol–water partition coefficient (Wildman–Crippen LogP) is 3.42. The Morgan fingerprint density at radius 3 is 2.63 bits per heavy atom. The van der Waals surface area contributed by atoms with Crippen LogP contribution < -0.4 is 5.32 Å². The summed E-state index contributed by atoms with van der Waals surface area (Å²) in [6.45, 7) is 1.86. The standard InChI is InChI=1S/C14H12BrNO3/c1-8-7-9(15)5-6-11(8)16-14(19)10-3-2-4-12(17)13(10)18/h2-7,17-18H,1H3,(H,16,19). The molecule has 0 aliphatic carbocycles. The molecule has 1 amide bonds. The molecule has 0 spiro atoms. The molecular weight excluding hydrogens is 310 g/mol. The molecule has 0 aromatic heterocycles. The van der Waals surface area contributed by atoms with E-state index in [1.165, 1.54) is 18.2 Å². The number of anilines is 1. The Morgan fingerprint density at radius 1 is 1.21 bits per heavy atom. The van der Waals surface area contributed by atoms with Gasteiger partial charge >= 0.3 is 0 Å². The minimum atomic E-state index is -0.473. The number of aromatic hydroxyl groups is 2. The predicted molar refractivity (Wildman–Crippen MR) is 76.6 cm³/mol. The van der Waals surface area contributed by atoms with Crippen LogP contribution in [0.5, 0.6) is 11.5 Å². The number of amides is 1. The quantitative estimate of drug-likeness (QED) is 0.742. The summed E-state index contributed by atoms with van der Waals surface area (Å²) in [5.41, 5.74) is 1.57. The van der Waals surface area contributed by atoms with E-state index in [0.717, 1.165) is 10.0 Å². The molecule has 5 heteroatoms. The number of carbonyl (C=O) groups excluding carboxylic acids is 1. The molecule has 0 aliphatic rings. The number of phenolic OH excluding ortho intramolecular Hbond substituents is 2. The van der Waals surface area contributed by atoms with Gasteiger partial charge in [-0.05, 0) is 42.8 Å². The van der Waals surface area contributed by atoms with Gasteiger partial charge in [0.15, 0.2) is 11.5 Å². The van der Waals surface area contributed by atoms with E-state index in [1.807, 2.05) is 19.1 Å². The summed E-state index contributed by atoms with van der Waals surface area (Å²) in [6.07, 6.45) is 0. The van der Waals surface area contributed by atoms with E-state index in [2.05, 4.69) is 21.2 Å². The van der Waals surface area contributed by atoms with Crippen molar-refractivity contribution < 1.29 is 15.0 Å². The van der Waals surface area contributed by atoms with Crippen LogP contribution in [0.3, 0.4) is 0 Å². The highest BCUT2D eigenvalue weighted by Crippen LogP contribution is 2.29. The molecule has 0 aliphatic heterocycles. The number of hydrogen-bond acceptors (Lipinski definition) is 3. The zero-order valence-electron chi connectivity index (χ0n) is 10.1. The van der Waals surface area contributed by atoms with Crippen molar-refractivity contribution in [2.75, 3.05) is 5.32 Å². The first kappa shape index (κ1) is 13.4. The van der Waals surface area contributed by atoms with Gasteiger partial charge in [0.05, 0.1) is 5.56 Å². The lowest BCUT2D eigenvalue weighted by Crippen LogP contribution is -2.12. The lowest BCUT2D eigenvalue weighted by atomic mass is 10.1. The molecule has 2 aromatic carbocycles. The number of carbonyl (C=O) groups is 1. The number of halogens is 1. The SMILES string of the molecule is Cc1cc(Br)ccc1NC(=O)c1cccc(O)c1O. The van der Waals surface area contributed by atoms with Crippen LogP contribution in [-0.2, 0) is 0 Å². The molecule has 2 rings (SSSR count). The fourth-order valence-corrected chi connectivity index (χ4v) is 2.15. The minimum absolute atomic E-state index is 0.0299. The van der Waals surface area contributed by atoms with Gasteiger partial charge < -0.3 is 15.5 Å². The van der Waals surface area contributed by atoms with Gasteiger partial charge in [0.2, 0.25) is 0 Å². The summed E-state index contributed by atoms with van der Waals surface area (Å²) in [7, 11) is 0. The van der Waals surface area contributed by atoms with E-state index in [4.69, 9.17) is 0 Å². The van der Waals surface area contributed by atoms with Crippen LogP contribution in [-0.4, -0.2) is 16.1 Å². The third-order valence-electron chi connectivity index (χ3n) is 2.70. The molecule has 4 nitrogen and oxygen atoms in total. The summed E-state index contributed by atoms with van der Waals surface area (Å²) in [4.78, 5) is 12.0. The highest BCUT2D eigenvalue weighted by molar-refractivity contribution is 9.10. The van der Waals surface area contributed by atoms with Gasteiger partial charge in [-0.1, -0.05) is 22.0 Å². The van der Waals surface area contributed by atoms with E-state index in [0.29, 0.717) is 5.69 Å². The average Bonchev–Trinajstić information content (AvgIpc) is 2.36. The van der Waals surface area contributed by atoms with Gasteiger partial charge in [0.1, 0.15) is 0 Å². The van der Waals surface area contributed by atoms with Gasteiger partial charge in [-0.3, -0.25) is 4.79 Å². The summed E-state index contributed by atoms with van der Waals surface area (Å²) in [5.74, 6) is -1.21. The second kappa shape index (κ2) is 5.32. The fraction of sp³-hybridized carbons (Fsp3) is 0.0714. The number of benzene rings is 2. The number of aryl methyl sites for hydroxylation is 1. The number of para-hydroxylation sites is 1. The Kier molecular flexibility index (Phi) is 3.76. The Bertz CT molecular complexity index is 641. The van der Waals surface area contributed by atoms with Gasteiger partial charge in [0, 0.05) is 10.2 Å². The fourth-order valence-electron chi connectivity index (χ4n) is 1.67. The van der Waals surface area contributed by atoms with Gasteiger partial charge in [-0.15, -0.1) is 0 Å². The summed E-state index contributed by atoms with van der Waals surface area (Å²) in [5, 5.41) is 21.7. The first-order chi connectivity index (χ1) is 8.99. The lowest BCUT2D eigenvalue weighted by molar-refractivity contribution is 0.102. The van der Waals surface area contributed by atoms with Crippen molar-refractivity contribution in [2.24, 2.45) is 0 Å². The minimum Gasteiger partial charge on any atom is -0.504 e. The maximum absolute atomic E-state index is 12.0. The van der Waals surface area contributed by atoms with Crippen molar-refractivity contribution in [3.8, 4) is 11.5 Å². The second-order valence-corrected chi connectivity index (χ2v) is 5.00. The van der Waals surface area contributed by atoms with E-state index in [1.54, 1.807) is 6.07 Å². The smallest absolute Gasteiger partial charge is 0.259 e. The molecule has 0 heterocycles. The van der Waals surface area contributed by atoms with E-state index in [9.17, 15) is 15.0 Å². The highest BCUT2D eigenvalue weighted by atomic mass is 79.9. The molecule has 0 radical (unpaired) electrons. The normalized spacial score (nSPS) is 10.2. The molecule has 0 fully saturated rings. The first-order valence-electron chi connectivity index (χ1n) is 5.57. The van der Waals surface area contributed by atoms with Crippen molar-refractivity contribution in [1.82, 2.24) is 0 Å². The number of phenols is 2. The zero-order chi connectivity index (χ0) is 14.0. The second-order valence-electron chi connectivity index (χ2n) is 4.09. The van der Waals surface area contributed by atoms with Gasteiger partial charge in [-0.2, -0.15) is 0 Å². The lowest BCUT2D eigenvalue weighted by Gasteiger charge is -2.10. The molecule has 0 saturated carbocycles. The molecule has 0 unspecified atom stereocenters. The van der Waals surface area contributed by atoms with Crippen molar-refractivity contribution >= 4 is 27.5 Å². The third kappa shape index (κ3) is 2.88. The summed E-state index contributed by atoms with van der Waals surface area (Å²) < 4.78 is 0.920. The molecule has 2 aromatic rings. The van der Waals surface area contributed by atoms with E-state index < -0.39 is 11.7 Å². The van der Waals surface area contributed by atoms with Crippen LogP contribution >= 0.6 is 15.9 Å². The highest BCUT2D eigenvalue weighted by Gasteiger charge is 2.14. The maximum Gasteiger partial charge on any atom is 0.259 e. The number of hydrogen-bond donors (Lipinski definition) is 3. The van der Waals surface area contributed by atoms with E-state index >= 15 is 0 Å². The van der Waals surface area contributed by atoms with Gasteiger partial charge in [0.25, 0.3) is 5.91 Å². The number of rotatable bonds is 2. The van der Waals surface area contributed by atoms with Crippen molar-refractivity contribution in [1.29, 1.82) is 0 Å². The Labute approximate surface area is 118 Å². The topological polar surface area (TPSA) is 69.6 Å². The van der Waals surface area contributed by atoms with E-state index in [-0.39, 0.29) is 11.3 Å². The molecule has 0 saturated heterocycles. The van der Waals surface area contributed by atoms with Crippen molar-refractivity contribution in [3.05, 3.63) is 52.0 Å². The molecule has 0 atom stereocenters. The molecule has 0 bridgehead atoms. The molecule has 3 N–H and O–H groups in total. The Hall–Kier alpha value is -2.01. The van der Waals surface area contributed by atoms with Crippen LogP contribution in [0.15, 0.2) is 40.9 Å².